The number of hydrogen-bond acceptors (Lipinski definition) is 4. The van der Waals surface area contributed by atoms with Crippen LogP contribution in [0.2, 0.25) is 0 Å². The zero-order chi connectivity index (χ0) is 25.2. The van der Waals surface area contributed by atoms with Crippen LogP contribution in [0, 0.1) is 11.8 Å². The summed E-state index contributed by atoms with van der Waals surface area (Å²) in [6, 6.07) is 0. The quantitative estimate of drug-likeness (QED) is 0.238. The highest BCUT2D eigenvalue weighted by atomic mass is 16.5. The van der Waals surface area contributed by atoms with Gasteiger partial charge in [0.1, 0.15) is 6.10 Å². The maximum Gasteiger partial charge on any atom is 0.309 e. The number of ether oxygens (including phenoxy) is 3. The van der Waals surface area contributed by atoms with Gasteiger partial charge in [-0.3, -0.25) is 4.79 Å². The lowest BCUT2D eigenvalue weighted by atomic mass is 9.90. The fraction of sp³-hybridized carbons (Fsp3) is 0.645. The first kappa shape index (κ1) is 27.7. The molecule has 3 unspecified atom stereocenters. The molecule has 194 valence electrons. The Morgan fingerprint density at radius 2 is 1.69 bits per heavy atom. The van der Waals surface area contributed by atoms with Crippen molar-refractivity contribution in [3.8, 4) is 0 Å². The van der Waals surface area contributed by atoms with Crippen LogP contribution in [0.15, 0.2) is 60.3 Å². The molecule has 0 aromatic carbocycles. The number of rotatable bonds is 4. The minimum absolute atomic E-state index is 0.0712. The van der Waals surface area contributed by atoms with E-state index >= 15 is 0 Å². The molecule has 0 aliphatic carbocycles. The molecule has 4 nitrogen and oxygen atoms in total. The number of cyclic esters (lactones) is 1. The van der Waals surface area contributed by atoms with Crippen LogP contribution in [0.3, 0.4) is 0 Å². The van der Waals surface area contributed by atoms with E-state index in [2.05, 4.69) is 52.5 Å². The topological polar surface area (TPSA) is 44.8 Å². The van der Waals surface area contributed by atoms with Gasteiger partial charge in [-0.25, -0.2) is 0 Å². The summed E-state index contributed by atoms with van der Waals surface area (Å²) in [6.45, 7) is 12.9. The molecule has 0 spiro atoms. The van der Waals surface area contributed by atoms with Crippen molar-refractivity contribution in [2.45, 2.75) is 116 Å². The Bertz CT molecular complexity index is 820. The minimum Gasteiger partial charge on any atom is -0.457 e. The second-order valence-electron chi connectivity index (χ2n) is 10.8. The van der Waals surface area contributed by atoms with E-state index in [0.29, 0.717) is 12.0 Å². The number of fused-ring (bicyclic) bond motifs is 4. The molecule has 0 aromatic heterocycles. The van der Waals surface area contributed by atoms with E-state index in [1.165, 1.54) is 12.0 Å². The lowest BCUT2D eigenvalue weighted by molar-refractivity contribution is -0.154. The third-order valence-corrected chi connectivity index (χ3v) is 7.40. The Kier molecular flexibility index (Phi) is 11.1. The van der Waals surface area contributed by atoms with Crippen LogP contribution in [0.4, 0.5) is 0 Å². The molecule has 3 aliphatic heterocycles. The highest BCUT2D eigenvalue weighted by Crippen LogP contribution is 2.33. The van der Waals surface area contributed by atoms with Gasteiger partial charge in [-0.2, -0.15) is 0 Å². The summed E-state index contributed by atoms with van der Waals surface area (Å²) in [5, 5.41) is 0. The van der Waals surface area contributed by atoms with Crippen molar-refractivity contribution >= 4 is 5.97 Å². The van der Waals surface area contributed by atoms with E-state index in [0.717, 1.165) is 50.5 Å². The van der Waals surface area contributed by atoms with Gasteiger partial charge in [0.05, 0.1) is 30.8 Å². The second-order valence-corrected chi connectivity index (χ2v) is 10.8. The molecule has 0 saturated carbocycles. The Balaban J connectivity index is 1.76. The molecule has 0 N–H and O–H groups in total. The molecule has 4 heteroatoms. The fourth-order valence-electron chi connectivity index (χ4n) is 5.23. The average molecular weight is 483 g/mol. The number of carbonyl (C=O) groups is 1. The molecule has 3 rings (SSSR count). The van der Waals surface area contributed by atoms with E-state index in [9.17, 15) is 4.79 Å². The van der Waals surface area contributed by atoms with Crippen molar-refractivity contribution < 1.29 is 19.0 Å². The molecule has 3 aliphatic rings. The summed E-state index contributed by atoms with van der Waals surface area (Å²) in [7, 11) is 0. The summed E-state index contributed by atoms with van der Waals surface area (Å²) in [4.78, 5) is 13.0. The molecule has 0 amide bonds. The zero-order valence-electron chi connectivity index (χ0n) is 22.3. The third-order valence-electron chi connectivity index (χ3n) is 7.40. The van der Waals surface area contributed by atoms with Crippen LogP contribution >= 0.6 is 0 Å². The van der Waals surface area contributed by atoms with Gasteiger partial charge >= 0.3 is 5.97 Å². The molecule has 0 aromatic rings. The predicted octanol–water partition coefficient (Wildman–Crippen LogP) is 7.42. The summed E-state index contributed by atoms with van der Waals surface area (Å²) < 4.78 is 18.8. The first-order valence-electron chi connectivity index (χ1n) is 13.7. The van der Waals surface area contributed by atoms with E-state index < -0.39 is 0 Å². The van der Waals surface area contributed by atoms with Crippen LogP contribution in [0.25, 0.3) is 0 Å². The molecular weight excluding hydrogens is 436 g/mol. The van der Waals surface area contributed by atoms with Gasteiger partial charge in [-0.15, -0.1) is 0 Å². The largest absolute Gasteiger partial charge is 0.457 e. The smallest absolute Gasteiger partial charge is 0.309 e. The SMILES string of the molecule is C=C1CC2CC(=O)OC(C=CC=CC=C(C)CC)[C@@H](C)C=C[C@H](C)C[C@H]3CCCC(C[C@@H](C1)O2)O3. The van der Waals surface area contributed by atoms with Crippen molar-refractivity contribution in [2.75, 3.05) is 0 Å². The van der Waals surface area contributed by atoms with Crippen LogP contribution < -0.4 is 0 Å². The zero-order valence-corrected chi connectivity index (χ0v) is 22.3. The lowest BCUT2D eigenvalue weighted by Gasteiger charge is -2.37. The Labute approximate surface area is 213 Å². The van der Waals surface area contributed by atoms with E-state index in [1.54, 1.807) is 0 Å². The lowest BCUT2D eigenvalue weighted by Crippen LogP contribution is -2.37. The maximum absolute atomic E-state index is 13.0. The highest BCUT2D eigenvalue weighted by Gasteiger charge is 2.32. The molecule has 7 atom stereocenters. The van der Waals surface area contributed by atoms with E-state index in [4.69, 9.17) is 14.2 Å². The average Bonchev–Trinajstić information content (AvgIpc) is 2.80. The van der Waals surface area contributed by atoms with Gasteiger partial charge in [0.2, 0.25) is 0 Å². The standard InChI is InChI=1S/C31H46O4/c1-6-22(2)11-8-7-9-14-30-25(5)16-15-23(3)17-26-12-10-13-27(33-26)20-28-18-24(4)19-29(34-28)21-31(32)35-30/h7-9,11,14-16,23,25-30H,4,6,10,12-13,17-21H2,1-3,5H3/t23-,25-,26+,27?,28+,29?,30?/m0/s1. The highest BCUT2D eigenvalue weighted by molar-refractivity contribution is 5.70. The molecular formula is C31H46O4. The number of allylic oxidation sites excluding steroid dienone is 6. The molecule has 35 heavy (non-hydrogen) atoms. The molecule has 3 heterocycles. The van der Waals surface area contributed by atoms with E-state index in [-0.39, 0.29) is 42.7 Å². The van der Waals surface area contributed by atoms with Crippen molar-refractivity contribution in [3.63, 3.8) is 0 Å². The van der Waals surface area contributed by atoms with Crippen molar-refractivity contribution in [2.24, 2.45) is 11.8 Å². The minimum atomic E-state index is -0.322. The van der Waals surface area contributed by atoms with Crippen LogP contribution in [-0.4, -0.2) is 36.5 Å². The number of esters is 1. The van der Waals surface area contributed by atoms with Crippen LogP contribution in [0.1, 0.15) is 85.5 Å². The van der Waals surface area contributed by atoms with Gasteiger partial charge in [0, 0.05) is 12.3 Å². The van der Waals surface area contributed by atoms with Gasteiger partial charge in [-0.1, -0.05) is 75.0 Å². The maximum atomic E-state index is 13.0. The number of carbonyl (C=O) groups excluding carboxylic acids is 1. The summed E-state index contributed by atoms with van der Waals surface area (Å²) in [5.41, 5.74) is 2.49. The summed E-state index contributed by atoms with van der Waals surface area (Å²) in [6.07, 6.45) is 22.9. The number of hydrogen-bond donors (Lipinski definition) is 0. The van der Waals surface area contributed by atoms with Gasteiger partial charge in [0.25, 0.3) is 0 Å². The van der Waals surface area contributed by atoms with Crippen molar-refractivity contribution in [1.82, 2.24) is 0 Å². The van der Waals surface area contributed by atoms with Crippen molar-refractivity contribution in [3.05, 3.63) is 60.3 Å². The summed E-state index contributed by atoms with van der Waals surface area (Å²) in [5.74, 6) is 0.270. The second kappa shape index (κ2) is 14.0. The third kappa shape index (κ3) is 9.57. The molecule has 2 saturated heterocycles. The van der Waals surface area contributed by atoms with Crippen molar-refractivity contribution in [1.29, 1.82) is 0 Å². The normalized spacial score (nSPS) is 36.0. The fourth-order valence-corrected chi connectivity index (χ4v) is 5.23. The first-order valence-corrected chi connectivity index (χ1v) is 13.7. The van der Waals surface area contributed by atoms with Crippen LogP contribution in [0.5, 0.6) is 0 Å². The first-order chi connectivity index (χ1) is 16.8. The Morgan fingerprint density at radius 3 is 2.46 bits per heavy atom. The molecule has 4 bridgehead atoms. The molecule has 0 radical (unpaired) electrons. The van der Waals surface area contributed by atoms with Gasteiger partial charge in [0.15, 0.2) is 0 Å². The van der Waals surface area contributed by atoms with Gasteiger partial charge < -0.3 is 14.2 Å². The van der Waals surface area contributed by atoms with Gasteiger partial charge in [-0.05, 0) is 63.9 Å². The predicted molar refractivity (Wildman–Crippen MR) is 143 cm³/mol. The van der Waals surface area contributed by atoms with E-state index in [1.807, 2.05) is 24.3 Å². The monoisotopic (exact) mass is 482 g/mol. The Hall–Kier alpha value is -1.91. The molecule has 2 fully saturated rings. The summed E-state index contributed by atoms with van der Waals surface area (Å²) >= 11 is 0. The van der Waals surface area contributed by atoms with Crippen LogP contribution in [-0.2, 0) is 19.0 Å². The Morgan fingerprint density at radius 1 is 0.971 bits per heavy atom.